The van der Waals surface area contributed by atoms with Crippen LogP contribution in [0.3, 0.4) is 0 Å². The molecule has 1 amide bonds. The molecule has 0 unspecified atom stereocenters. The van der Waals surface area contributed by atoms with Gasteiger partial charge in [0, 0.05) is 11.5 Å². The van der Waals surface area contributed by atoms with E-state index in [-0.39, 0.29) is 12.1 Å². The normalized spacial score (nSPS) is 11.0. The third-order valence-electron chi connectivity index (χ3n) is 3.51. The number of halogens is 2. The zero-order valence-electron chi connectivity index (χ0n) is 12.6. The molecule has 0 spiro atoms. The summed E-state index contributed by atoms with van der Waals surface area (Å²) in [6, 6.07) is 6.83. The summed E-state index contributed by atoms with van der Waals surface area (Å²) < 4.78 is 31.7. The minimum atomic E-state index is -0.824. The van der Waals surface area contributed by atoms with Crippen molar-refractivity contribution in [3.8, 4) is 0 Å². The lowest BCUT2D eigenvalue weighted by Crippen LogP contribution is -2.15. The Labute approximate surface area is 131 Å². The molecule has 0 atom stereocenters. The van der Waals surface area contributed by atoms with Gasteiger partial charge in [-0.05, 0) is 43.2 Å². The number of carbonyl (C=O) groups is 1. The second-order valence-electron chi connectivity index (χ2n) is 5.44. The fourth-order valence-corrected chi connectivity index (χ4v) is 2.50. The third-order valence-corrected chi connectivity index (χ3v) is 3.51. The molecule has 3 rings (SSSR count). The molecule has 0 aliphatic rings. The summed E-state index contributed by atoms with van der Waals surface area (Å²) in [6.45, 7) is 3.84. The third kappa shape index (κ3) is 3.06. The summed E-state index contributed by atoms with van der Waals surface area (Å²) in [5.41, 5.74) is 3.00. The standard InChI is InChI=1S/C17H14F2N2O2/c1-9-5-10(2)17-12(6-9)15(21-23-17)8-16(22)20-14-4-3-11(18)7-13(14)19/h3-7H,8H2,1-2H3,(H,20,22). The van der Waals surface area contributed by atoms with Crippen LogP contribution in [0.5, 0.6) is 0 Å². The van der Waals surface area contributed by atoms with Gasteiger partial charge < -0.3 is 9.84 Å². The Morgan fingerprint density at radius 2 is 2.00 bits per heavy atom. The van der Waals surface area contributed by atoms with Gasteiger partial charge in [0.2, 0.25) is 5.91 Å². The minimum Gasteiger partial charge on any atom is -0.356 e. The highest BCUT2D eigenvalue weighted by Crippen LogP contribution is 2.24. The number of aromatic nitrogens is 1. The maximum absolute atomic E-state index is 13.6. The molecule has 3 aromatic rings. The number of nitrogens with zero attached hydrogens (tertiary/aromatic N) is 1. The molecule has 1 heterocycles. The molecule has 0 saturated carbocycles. The van der Waals surface area contributed by atoms with Crippen LogP contribution in [0.25, 0.3) is 11.0 Å². The zero-order chi connectivity index (χ0) is 16.6. The Kier molecular flexibility index (Phi) is 3.82. The number of anilines is 1. The highest BCUT2D eigenvalue weighted by Gasteiger charge is 2.15. The van der Waals surface area contributed by atoms with Crippen molar-refractivity contribution in [1.82, 2.24) is 5.16 Å². The van der Waals surface area contributed by atoms with Gasteiger partial charge in [-0.1, -0.05) is 11.2 Å². The Bertz CT molecular complexity index is 903. The van der Waals surface area contributed by atoms with Gasteiger partial charge in [-0.3, -0.25) is 4.79 Å². The Morgan fingerprint density at radius 1 is 1.22 bits per heavy atom. The quantitative estimate of drug-likeness (QED) is 0.797. The fourth-order valence-electron chi connectivity index (χ4n) is 2.50. The molecule has 23 heavy (non-hydrogen) atoms. The van der Waals surface area contributed by atoms with Gasteiger partial charge in [0.1, 0.15) is 17.3 Å². The van der Waals surface area contributed by atoms with Crippen molar-refractivity contribution in [2.75, 3.05) is 5.32 Å². The molecular weight excluding hydrogens is 302 g/mol. The number of aryl methyl sites for hydroxylation is 2. The fraction of sp³-hybridized carbons (Fsp3) is 0.176. The van der Waals surface area contributed by atoms with Crippen molar-refractivity contribution in [2.45, 2.75) is 20.3 Å². The van der Waals surface area contributed by atoms with Crippen LogP contribution in [0.15, 0.2) is 34.9 Å². The average molecular weight is 316 g/mol. The van der Waals surface area contributed by atoms with Crippen LogP contribution in [0.4, 0.5) is 14.5 Å². The lowest BCUT2D eigenvalue weighted by atomic mass is 10.1. The van der Waals surface area contributed by atoms with E-state index in [0.717, 1.165) is 22.6 Å². The number of nitrogens with one attached hydrogen (secondary N) is 1. The van der Waals surface area contributed by atoms with Gasteiger partial charge in [-0.15, -0.1) is 0 Å². The average Bonchev–Trinajstić information content (AvgIpc) is 2.85. The molecule has 6 heteroatoms. The first kappa shape index (κ1) is 15.1. The molecule has 4 nitrogen and oxygen atoms in total. The van der Waals surface area contributed by atoms with E-state index in [1.165, 1.54) is 6.07 Å². The number of amides is 1. The van der Waals surface area contributed by atoms with Crippen LogP contribution < -0.4 is 5.32 Å². The van der Waals surface area contributed by atoms with Crippen molar-refractivity contribution in [1.29, 1.82) is 0 Å². The van der Waals surface area contributed by atoms with Crippen molar-refractivity contribution in [2.24, 2.45) is 0 Å². The van der Waals surface area contributed by atoms with Gasteiger partial charge in [-0.2, -0.15) is 0 Å². The molecule has 118 valence electrons. The first-order chi connectivity index (χ1) is 10.9. The highest BCUT2D eigenvalue weighted by atomic mass is 19.1. The van der Waals surface area contributed by atoms with Crippen LogP contribution in [-0.4, -0.2) is 11.1 Å². The summed E-state index contributed by atoms with van der Waals surface area (Å²) in [5.74, 6) is -1.98. The summed E-state index contributed by atoms with van der Waals surface area (Å²) in [5, 5.41) is 7.09. The summed E-state index contributed by atoms with van der Waals surface area (Å²) >= 11 is 0. The SMILES string of the molecule is Cc1cc(C)c2onc(CC(=O)Nc3ccc(F)cc3F)c2c1. The topological polar surface area (TPSA) is 55.1 Å². The Balaban J connectivity index is 1.83. The van der Waals surface area contributed by atoms with E-state index < -0.39 is 17.5 Å². The molecule has 1 N–H and O–H groups in total. The Morgan fingerprint density at radius 3 is 2.74 bits per heavy atom. The summed E-state index contributed by atoms with van der Waals surface area (Å²) in [4.78, 5) is 12.1. The van der Waals surface area contributed by atoms with Crippen molar-refractivity contribution >= 4 is 22.6 Å². The summed E-state index contributed by atoms with van der Waals surface area (Å²) in [6.07, 6.45) is -0.0628. The molecular formula is C17H14F2N2O2. The monoisotopic (exact) mass is 316 g/mol. The number of hydrogen-bond acceptors (Lipinski definition) is 3. The number of carbonyl (C=O) groups excluding carboxylic acids is 1. The van der Waals surface area contributed by atoms with Crippen LogP contribution in [0.1, 0.15) is 16.8 Å². The number of hydrogen-bond donors (Lipinski definition) is 1. The predicted octanol–water partition coefficient (Wildman–Crippen LogP) is 3.90. The van der Waals surface area contributed by atoms with Crippen LogP contribution in [-0.2, 0) is 11.2 Å². The van der Waals surface area contributed by atoms with Crippen molar-refractivity contribution in [3.05, 3.63) is 58.8 Å². The molecule has 0 fully saturated rings. The first-order valence-electron chi connectivity index (χ1n) is 7.04. The van der Waals surface area contributed by atoms with Crippen molar-refractivity contribution < 1.29 is 18.1 Å². The molecule has 0 aliphatic heterocycles. The largest absolute Gasteiger partial charge is 0.356 e. The lowest BCUT2D eigenvalue weighted by Gasteiger charge is -2.05. The van der Waals surface area contributed by atoms with E-state index in [4.69, 9.17) is 4.52 Å². The number of rotatable bonds is 3. The van der Waals surface area contributed by atoms with E-state index in [9.17, 15) is 13.6 Å². The van der Waals surface area contributed by atoms with E-state index in [2.05, 4.69) is 10.5 Å². The maximum atomic E-state index is 13.6. The van der Waals surface area contributed by atoms with Gasteiger partial charge >= 0.3 is 0 Å². The lowest BCUT2D eigenvalue weighted by molar-refractivity contribution is -0.115. The predicted molar refractivity (Wildman–Crippen MR) is 82.2 cm³/mol. The van der Waals surface area contributed by atoms with Crippen LogP contribution in [0.2, 0.25) is 0 Å². The molecule has 2 aromatic carbocycles. The van der Waals surface area contributed by atoms with Crippen molar-refractivity contribution in [3.63, 3.8) is 0 Å². The number of benzene rings is 2. The molecule has 1 aromatic heterocycles. The number of fused-ring (bicyclic) bond motifs is 1. The second-order valence-corrected chi connectivity index (χ2v) is 5.44. The van der Waals surface area contributed by atoms with Gasteiger partial charge in [0.15, 0.2) is 5.58 Å². The molecule has 0 aliphatic carbocycles. The molecule has 0 saturated heterocycles. The van der Waals surface area contributed by atoms with Gasteiger partial charge in [0.05, 0.1) is 12.1 Å². The zero-order valence-corrected chi connectivity index (χ0v) is 12.6. The van der Waals surface area contributed by atoms with Gasteiger partial charge in [0.25, 0.3) is 0 Å². The molecule has 0 radical (unpaired) electrons. The second kappa shape index (κ2) is 5.79. The highest BCUT2D eigenvalue weighted by molar-refractivity contribution is 5.95. The van der Waals surface area contributed by atoms with E-state index in [0.29, 0.717) is 17.3 Å². The maximum Gasteiger partial charge on any atom is 0.230 e. The first-order valence-corrected chi connectivity index (χ1v) is 7.04. The summed E-state index contributed by atoms with van der Waals surface area (Å²) in [7, 11) is 0. The van der Waals surface area contributed by atoms with Crippen LogP contribution >= 0.6 is 0 Å². The van der Waals surface area contributed by atoms with Gasteiger partial charge in [-0.25, -0.2) is 8.78 Å². The van der Waals surface area contributed by atoms with E-state index in [1.54, 1.807) is 0 Å². The smallest absolute Gasteiger partial charge is 0.230 e. The van der Waals surface area contributed by atoms with Crippen LogP contribution in [0, 0.1) is 25.5 Å². The minimum absolute atomic E-state index is 0.0628. The van der Waals surface area contributed by atoms with E-state index >= 15 is 0 Å². The van der Waals surface area contributed by atoms with E-state index in [1.807, 2.05) is 26.0 Å². The molecule has 0 bridgehead atoms. The Hall–Kier alpha value is -2.76.